The highest BCUT2D eigenvalue weighted by Crippen LogP contribution is 2.26. The van der Waals surface area contributed by atoms with E-state index in [4.69, 9.17) is 0 Å². The van der Waals surface area contributed by atoms with Crippen LogP contribution in [0.2, 0.25) is 0 Å². The zero-order chi connectivity index (χ0) is 12.8. The average Bonchev–Trinajstić information content (AvgIpc) is 2.81. The van der Waals surface area contributed by atoms with Crippen LogP contribution in [0.1, 0.15) is 23.5 Å². The average molecular weight is 279 g/mol. The van der Waals surface area contributed by atoms with Crippen LogP contribution in [0, 0.1) is 6.92 Å². The van der Waals surface area contributed by atoms with Crippen molar-refractivity contribution in [1.29, 1.82) is 0 Å². The summed E-state index contributed by atoms with van der Waals surface area (Å²) in [6, 6.07) is 10.9. The quantitative estimate of drug-likeness (QED) is 0.823. The molecule has 1 atom stereocenters. The lowest BCUT2D eigenvalue weighted by atomic mass is 10.1. The summed E-state index contributed by atoms with van der Waals surface area (Å²) < 4.78 is 1.05. The second kappa shape index (κ2) is 6.87. The van der Waals surface area contributed by atoms with Crippen LogP contribution in [0.3, 0.4) is 0 Å². The summed E-state index contributed by atoms with van der Waals surface area (Å²) >= 11 is 3.42. The molecule has 0 amide bonds. The Morgan fingerprint density at radius 3 is 2.67 bits per heavy atom. The molecule has 0 aliphatic rings. The van der Waals surface area contributed by atoms with Gasteiger partial charge in [0.2, 0.25) is 0 Å². The molecule has 1 heterocycles. The number of aromatic nitrogens is 2. The number of hydrogen-bond acceptors (Lipinski definition) is 5. The maximum absolute atomic E-state index is 4.15. The van der Waals surface area contributed by atoms with E-state index in [9.17, 15) is 0 Å². The lowest BCUT2D eigenvalue weighted by Crippen LogP contribution is -2.22. The zero-order valence-corrected chi connectivity index (χ0v) is 12.2. The van der Waals surface area contributed by atoms with E-state index in [-0.39, 0.29) is 0 Å². The van der Waals surface area contributed by atoms with Gasteiger partial charge in [-0.15, -0.1) is 10.2 Å². The van der Waals surface area contributed by atoms with E-state index in [0.29, 0.717) is 6.04 Å². The van der Waals surface area contributed by atoms with Gasteiger partial charge in [-0.1, -0.05) is 60.4 Å². The van der Waals surface area contributed by atoms with Gasteiger partial charge >= 0.3 is 0 Å². The van der Waals surface area contributed by atoms with Gasteiger partial charge in [-0.3, -0.25) is 0 Å². The van der Waals surface area contributed by atoms with E-state index in [0.717, 1.165) is 21.6 Å². The van der Waals surface area contributed by atoms with Gasteiger partial charge in [-0.2, -0.15) is 0 Å². The maximum Gasteiger partial charge on any atom is 0.174 e. The van der Waals surface area contributed by atoms with Crippen LogP contribution in [-0.4, -0.2) is 22.5 Å². The number of rotatable bonds is 6. The number of thioether (sulfide) groups is 1. The third kappa shape index (κ3) is 3.80. The molecule has 2 aromatic rings. The molecule has 0 saturated heterocycles. The molecule has 3 nitrogen and oxygen atoms in total. The molecule has 0 aliphatic heterocycles. The molecule has 0 spiro atoms. The van der Waals surface area contributed by atoms with E-state index in [1.54, 1.807) is 23.1 Å². The van der Waals surface area contributed by atoms with Crippen molar-refractivity contribution in [1.82, 2.24) is 15.5 Å². The highest BCUT2D eigenvalue weighted by atomic mass is 32.2. The van der Waals surface area contributed by atoms with Crippen LogP contribution >= 0.6 is 23.1 Å². The molecule has 0 bridgehead atoms. The Morgan fingerprint density at radius 1 is 1.28 bits per heavy atom. The summed E-state index contributed by atoms with van der Waals surface area (Å²) in [5, 5.41) is 12.7. The number of benzene rings is 1. The molecule has 0 aliphatic carbocycles. The molecule has 1 aromatic heterocycles. The van der Waals surface area contributed by atoms with Crippen molar-refractivity contribution >= 4 is 23.1 Å². The first-order chi connectivity index (χ1) is 8.79. The minimum absolute atomic E-state index is 0.366. The standard InChI is InChI=1S/C13H17N3S2/c1-3-14-12(11-7-5-4-6-8-11)9-17-13-16-15-10(2)18-13/h4-8,12,14H,3,9H2,1-2H3. The summed E-state index contributed by atoms with van der Waals surface area (Å²) in [6.07, 6.45) is 0. The second-order valence-corrected chi connectivity index (χ2v) is 6.37. The smallest absolute Gasteiger partial charge is 0.174 e. The van der Waals surface area contributed by atoms with E-state index in [1.165, 1.54) is 5.56 Å². The Labute approximate surface area is 116 Å². The fourth-order valence-electron chi connectivity index (χ4n) is 1.70. The number of nitrogens with one attached hydrogen (secondary N) is 1. The summed E-state index contributed by atoms with van der Waals surface area (Å²) in [5.74, 6) is 0.979. The molecule has 1 unspecified atom stereocenters. The normalized spacial score (nSPS) is 12.6. The van der Waals surface area contributed by atoms with Gasteiger partial charge in [0.25, 0.3) is 0 Å². The number of hydrogen-bond donors (Lipinski definition) is 1. The highest BCUT2D eigenvalue weighted by molar-refractivity contribution is 8.01. The Kier molecular flexibility index (Phi) is 5.16. The fraction of sp³-hybridized carbons (Fsp3) is 0.385. The van der Waals surface area contributed by atoms with Crippen molar-refractivity contribution in [2.75, 3.05) is 12.3 Å². The first kappa shape index (κ1) is 13.5. The Balaban J connectivity index is 1.98. The predicted molar refractivity (Wildman–Crippen MR) is 78.2 cm³/mol. The third-order valence-electron chi connectivity index (χ3n) is 2.53. The topological polar surface area (TPSA) is 37.8 Å². The van der Waals surface area contributed by atoms with Crippen molar-refractivity contribution in [3.8, 4) is 0 Å². The Bertz CT molecular complexity index is 470. The van der Waals surface area contributed by atoms with Crippen molar-refractivity contribution in [2.24, 2.45) is 0 Å². The molecular weight excluding hydrogens is 262 g/mol. The van der Waals surface area contributed by atoms with E-state index < -0.39 is 0 Å². The Hall–Kier alpha value is -0.910. The fourth-order valence-corrected chi connectivity index (χ4v) is 3.63. The lowest BCUT2D eigenvalue weighted by Gasteiger charge is -2.17. The van der Waals surface area contributed by atoms with Crippen molar-refractivity contribution < 1.29 is 0 Å². The summed E-state index contributed by atoms with van der Waals surface area (Å²) in [7, 11) is 0. The van der Waals surface area contributed by atoms with Gasteiger partial charge in [0, 0.05) is 11.8 Å². The molecule has 0 fully saturated rings. The molecule has 1 aromatic carbocycles. The highest BCUT2D eigenvalue weighted by Gasteiger charge is 2.11. The van der Waals surface area contributed by atoms with Crippen LogP contribution in [0.4, 0.5) is 0 Å². The molecule has 2 rings (SSSR count). The first-order valence-corrected chi connectivity index (χ1v) is 7.81. The number of nitrogens with zero attached hydrogens (tertiary/aromatic N) is 2. The molecule has 1 N–H and O–H groups in total. The van der Waals surface area contributed by atoms with Crippen LogP contribution < -0.4 is 5.32 Å². The molecule has 0 radical (unpaired) electrons. The van der Waals surface area contributed by atoms with E-state index >= 15 is 0 Å². The molecule has 5 heteroatoms. The van der Waals surface area contributed by atoms with Gasteiger partial charge < -0.3 is 5.32 Å². The van der Waals surface area contributed by atoms with Crippen LogP contribution in [0.25, 0.3) is 0 Å². The van der Waals surface area contributed by atoms with Gasteiger partial charge in [0.05, 0.1) is 0 Å². The number of aryl methyl sites for hydroxylation is 1. The Morgan fingerprint density at radius 2 is 2.06 bits per heavy atom. The van der Waals surface area contributed by atoms with Gasteiger partial charge in [-0.05, 0) is 19.0 Å². The molecule has 18 heavy (non-hydrogen) atoms. The largest absolute Gasteiger partial charge is 0.309 e. The van der Waals surface area contributed by atoms with Crippen molar-refractivity contribution in [2.45, 2.75) is 24.2 Å². The second-order valence-electron chi connectivity index (χ2n) is 3.92. The predicted octanol–water partition coefficient (Wildman–Crippen LogP) is 3.29. The van der Waals surface area contributed by atoms with Crippen LogP contribution in [0.15, 0.2) is 34.7 Å². The SMILES string of the molecule is CCNC(CSc1nnc(C)s1)c1ccccc1. The van der Waals surface area contributed by atoms with Gasteiger partial charge in [0.15, 0.2) is 4.34 Å². The molecular formula is C13H17N3S2. The van der Waals surface area contributed by atoms with E-state index in [1.807, 2.05) is 13.0 Å². The summed E-state index contributed by atoms with van der Waals surface area (Å²) in [4.78, 5) is 0. The van der Waals surface area contributed by atoms with Gasteiger partial charge in [0.1, 0.15) is 5.01 Å². The first-order valence-electron chi connectivity index (χ1n) is 6.01. The minimum atomic E-state index is 0.366. The zero-order valence-electron chi connectivity index (χ0n) is 10.6. The van der Waals surface area contributed by atoms with E-state index in [2.05, 4.69) is 46.7 Å². The van der Waals surface area contributed by atoms with Crippen molar-refractivity contribution in [3.05, 3.63) is 40.9 Å². The summed E-state index contributed by atoms with van der Waals surface area (Å²) in [6.45, 7) is 5.09. The molecule has 96 valence electrons. The van der Waals surface area contributed by atoms with Gasteiger partial charge in [-0.25, -0.2) is 0 Å². The monoisotopic (exact) mass is 279 g/mol. The summed E-state index contributed by atoms with van der Waals surface area (Å²) in [5.41, 5.74) is 1.33. The maximum atomic E-state index is 4.15. The molecule has 0 saturated carbocycles. The minimum Gasteiger partial charge on any atom is -0.309 e. The lowest BCUT2D eigenvalue weighted by molar-refractivity contribution is 0.606. The van der Waals surface area contributed by atoms with Crippen LogP contribution in [0.5, 0.6) is 0 Å². The third-order valence-corrected chi connectivity index (χ3v) is 4.60. The van der Waals surface area contributed by atoms with Crippen molar-refractivity contribution in [3.63, 3.8) is 0 Å². The van der Waals surface area contributed by atoms with Crippen LogP contribution in [-0.2, 0) is 0 Å².